The standard InChI is InChI=1S/C37H58N4O6S2/c1-26(42)46-32-14-13-27-20-29(35(45)33(21-27)47-31-11-5-6-12-31)25-41-24-28(22-34(41)44)15-18-39-36(38)40-37(16-7-8-17-37)49-48-19-9-3-2-4-10-30(43)23-32/h20-21,28,30-32,43,45H,2-19,22-25H2,1H3,(H3,38,39,40)/t28-,30-,32+/m0/s1. The second-order valence-corrected chi connectivity index (χ2v) is 17.4. The Labute approximate surface area is 300 Å². The van der Waals surface area contributed by atoms with Gasteiger partial charge in [-0.2, -0.15) is 0 Å². The van der Waals surface area contributed by atoms with Gasteiger partial charge in [-0.05, 0) is 88.2 Å². The number of aromatic hydroxyl groups is 1. The largest absolute Gasteiger partial charge is 0.504 e. The summed E-state index contributed by atoms with van der Waals surface area (Å²) in [6, 6.07) is 3.85. The van der Waals surface area contributed by atoms with E-state index < -0.39 is 12.2 Å². The van der Waals surface area contributed by atoms with Crippen molar-refractivity contribution < 1.29 is 29.3 Å². The Hall–Kier alpha value is -2.31. The Morgan fingerprint density at radius 3 is 2.55 bits per heavy atom. The lowest BCUT2D eigenvalue weighted by atomic mass is 9.98. The first kappa shape index (κ1) is 37.9. The van der Waals surface area contributed by atoms with Crippen LogP contribution in [0.1, 0.15) is 127 Å². The molecular formula is C37H58N4O6S2. The molecule has 2 aliphatic carbocycles. The molecule has 0 aromatic heterocycles. The number of aryl methyl sites for hydroxylation is 1. The van der Waals surface area contributed by atoms with Crippen LogP contribution in [0.25, 0.3) is 0 Å². The summed E-state index contributed by atoms with van der Waals surface area (Å²) in [6.45, 7) is 2.88. The number of nitrogens with two attached hydrogens (primary N) is 1. The predicted octanol–water partition coefficient (Wildman–Crippen LogP) is 6.59. The number of aliphatic hydroxyl groups is 1. The smallest absolute Gasteiger partial charge is 0.302 e. The molecule has 4 bridgehead atoms. The number of aliphatic imine (C=N–C) groups is 1. The van der Waals surface area contributed by atoms with E-state index in [-0.39, 0.29) is 34.5 Å². The Kier molecular flexibility index (Phi) is 14.5. The fraction of sp³-hybridized carbons (Fsp3) is 0.757. The number of rotatable bonds is 3. The van der Waals surface area contributed by atoms with Gasteiger partial charge in [-0.3, -0.25) is 14.6 Å². The average molecular weight is 719 g/mol. The summed E-state index contributed by atoms with van der Waals surface area (Å²) in [6.07, 6.45) is 15.4. The van der Waals surface area contributed by atoms with E-state index in [1.807, 2.05) is 38.6 Å². The highest BCUT2D eigenvalue weighted by atomic mass is 33.1. The Bertz CT molecular complexity index is 1270. The van der Waals surface area contributed by atoms with Gasteiger partial charge in [-0.1, -0.05) is 59.8 Å². The monoisotopic (exact) mass is 718 g/mol. The highest BCUT2D eigenvalue weighted by molar-refractivity contribution is 8.77. The number of guanidine groups is 1. The molecule has 0 radical (unpaired) electrons. The third-order valence-electron chi connectivity index (χ3n) is 10.4. The van der Waals surface area contributed by atoms with Gasteiger partial charge in [0.1, 0.15) is 6.10 Å². The van der Waals surface area contributed by atoms with Crippen LogP contribution in [0.2, 0.25) is 0 Å². The number of nitrogens with one attached hydrogen (secondary N) is 1. The summed E-state index contributed by atoms with van der Waals surface area (Å²) in [4.78, 5) is 31.6. The van der Waals surface area contributed by atoms with Gasteiger partial charge in [0, 0.05) is 50.7 Å². The van der Waals surface area contributed by atoms with Crippen LogP contribution in [0.3, 0.4) is 0 Å². The van der Waals surface area contributed by atoms with Gasteiger partial charge in [0.05, 0.1) is 17.1 Å². The Morgan fingerprint density at radius 2 is 1.78 bits per heavy atom. The van der Waals surface area contributed by atoms with Gasteiger partial charge in [0.25, 0.3) is 0 Å². The van der Waals surface area contributed by atoms with Crippen LogP contribution in [0.4, 0.5) is 0 Å². The van der Waals surface area contributed by atoms with Crippen molar-refractivity contribution in [2.75, 3.05) is 18.8 Å². The first-order chi connectivity index (χ1) is 23.7. The maximum atomic E-state index is 13.2. The topological polar surface area (TPSA) is 147 Å². The van der Waals surface area contributed by atoms with Crippen LogP contribution in [0, 0.1) is 5.92 Å². The van der Waals surface area contributed by atoms with Crippen molar-refractivity contribution in [3.8, 4) is 11.5 Å². The molecule has 10 nitrogen and oxygen atoms in total. The maximum absolute atomic E-state index is 13.2. The van der Waals surface area contributed by atoms with E-state index in [4.69, 9.17) is 15.2 Å². The first-order valence-electron chi connectivity index (χ1n) is 18.7. The van der Waals surface area contributed by atoms with Gasteiger partial charge in [0.2, 0.25) is 5.91 Å². The molecule has 2 saturated carbocycles. The lowest BCUT2D eigenvalue weighted by Gasteiger charge is -2.29. The van der Waals surface area contributed by atoms with E-state index in [0.717, 1.165) is 81.9 Å². The summed E-state index contributed by atoms with van der Waals surface area (Å²) >= 11 is 0. The molecule has 49 heavy (non-hydrogen) atoms. The number of carbonyl (C=O) groups is 2. The number of amides is 1. The lowest BCUT2D eigenvalue weighted by molar-refractivity contribution is -0.148. The van der Waals surface area contributed by atoms with Crippen molar-refractivity contribution in [3.63, 3.8) is 0 Å². The maximum Gasteiger partial charge on any atom is 0.302 e. The number of ether oxygens (including phenoxy) is 2. The molecule has 3 atom stereocenters. The number of aliphatic hydroxyl groups excluding tert-OH is 1. The number of phenols is 1. The molecule has 0 unspecified atom stereocenters. The van der Waals surface area contributed by atoms with Gasteiger partial charge in [0.15, 0.2) is 17.5 Å². The van der Waals surface area contributed by atoms with Crippen molar-refractivity contribution in [3.05, 3.63) is 23.3 Å². The summed E-state index contributed by atoms with van der Waals surface area (Å²) in [5.74, 6) is 1.99. The molecule has 1 spiro atoms. The molecule has 1 amide bonds. The van der Waals surface area contributed by atoms with Crippen molar-refractivity contribution in [1.29, 1.82) is 0 Å². The number of carbonyl (C=O) groups excluding carboxylic acids is 2. The van der Waals surface area contributed by atoms with Crippen molar-refractivity contribution in [1.82, 2.24) is 10.2 Å². The number of hydrogen-bond donors (Lipinski definition) is 4. The zero-order valence-corrected chi connectivity index (χ0v) is 31.0. The van der Waals surface area contributed by atoms with Crippen LogP contribution in [-0.4, -0.2) is 75.0 Å². The van der Waals surface area contributed by atoms with E-state index in [2.05, 4.69) is 10.3 Å². The number of benzene rings is 1. The highest BCUT2D eigenvalue weighted by Crippen LogP contribution is 2.45. The minimum absolute atomic E-state index is 0.0631. The number of fused-ring (bicyclic) bond motifs is 4. The van der Waals surface area contributed by atoms with Gasteiger partial charge in [-0.15, -0.1) is 0 Å². The molecule has 4 aliphatic rings. The highest BCUT2D eigenvalue weighted by Gasteiger charge is 2.36. The molecule has 1 saturated heterocycles. The predicted molar refractivity (Wildman–Crippen MR) is 198 cm³/mol. The summed E-state index contributed by atoms with van der Waals surface area (Å²) < 4.78 is 12.0. The summed E-state index contributed by atoms with van der Waals surface area (Å²) in [5, 5.41) is 25.8. The van der Waals surface area contributed by atoms with Gasteiger partial charge < -0.3 is 35.6 Å². The molecule has 274 valence electrons. The van der Waals surface area contributed by atoms with Crippen LogP contribution in [0.15, 0.2) is 17.1 Å². The average Bonchev–Trinajstić information content (AvgIpc) is 3.81. The number of phenolic OH excluding ortho intramolecular Hbond substituents is 1. The first-order valence-corrected chi connectivity index (χ1v) is 21.0. The van der Waals surface area contributed by atoms with Gasteiger partial charge >= 0.3 is 5.97 Å². The molecule has 1 aromatic carbocycles. The fourth-order valence-corrected chi connectivity index (χ4v) is 10.9. The fourth-order valence-electron chi connectivity index (χ4n) is 7.75. The minimum Gasteiger partial charge on any atom is -0.504 e. The Balaban J connectivity index is 1.32. The van der Waals surface area contributed by atoms with Crippen LogP contribution in [-0.2, 0) is 27.3 Å². The van der Waals surface area contributed by atoms with Crippen LogP contribution >= 0.6 is 21.6 Å². The summed E-state index contributed by atoms with van der Waals surface area (Å²) in [5.41, 5.74) is 8.02. The molecule has 2 aliphatic heterocycles. The molecular weight excluding hydrogens is 661 g/mol. The third kappa shape index (κ3) is 11.9. The van der Waals surface area contributed by atoms with E-state index >= 15 is 0 Å². The minimum atomic E-state index is -0.543. The van der Waals surface area contributed by atoms with E-state index in [1.165, 1.54) is 19.8 Å². The van der Waals surface area contributed by atoms with E-state index in [0.29, 0.717) is 69.0 Å². The summed E-state index contributed by atoms with van der Waals surface area (Å²) in [7, 11) is 3.81. The molecule has 1 aromatic rings. The molecule has 2 heterocycles. The molecule has 5 N–H and O–H groups in total. The molecule has 3 fully saturated rings. The number of nitrogens with zero attached hydrogens (tertiary/aromatic N) is 2. The zero-order valence-electron chi connectivity index (χ0n) is 29.3. The van der Waals surface area contributed by atoms with E-state index in [1.54, 1.807) is 0 Å². The lowest BCUT2D eigenvalue weighted by Crippen LogP contribution is -2.47. The van der Waals surface area contributed by atoms with E-state index in [9.17, 15) is 19.8 Å². The van der Waals surface area contributed by atoms with Crippen molar-refractivity contribution in [2.24, 2.45) is 16.6 Å². The van der Waals surface area contributed by atoms with Crippen molar-refractivity contribution >= 4 is 39.4 Å². The molecule has 12 heteroatoms. The van der Waals surface area contributed by atoms with Gasteiger partial charge in [-0.25, -0.2) is 0 Å². The second-order valence-electron chi connectivity index (χ2n) is 14.6. The van der Waals surface area contributed by atoms with Crippen LogP contribution < -0.4 is 15.8 Å². The van der Waals surface area contributed by atoms with Crippen molar-refractivity contribution in [2.45, 2.75) is 152 Å². The molecule has 5 rings (SSSR count). The number of hydrogen-bond acceptors (Lipinski definition) is 11. The second kappa shape index (κ2) is 18.8. The zero-order chi connectivity index (χ0) is 34.6. The SMILES string of the molecule is CC(=O)O[C@@H]1CCc2cc(c(O)c(OC3CCCC3)c2)CN2C[C@@H](CCN=C(N)NC3(CCCC3)SSCCCCCC[C@H](O)C1)CC2=O. The van der Waals surface area contributed by atoms with Crippen LogP contribution in [0.5, 0.6) is 11.5 Å². The Morgan fingerprint density at radius 1 is 1.02 bits per heavy atom. The quantitative estimate of drug-likeness (QED) is 0.200. The third-order valence-corrected chi connectivity index (χ3v) is 13.6. The number of esters is 1. The normalized spacial score (nSPS) is 27.1.